The molecule has 98 valence electrons. The smallest absolute Gasteiger partial charge is 0.138 e. The molecule has 17 heavy (non-hydrogen) atoms. The molecule has 0 atom stereocenters. The Hall–Kier alpha value is -0.900. The molecule has 0 aliphatic carbocycles. The predicted molar refractivity (Wildman–Crippen MR) is 71.0 cm³/mol. The topological polar surface area (TPSA) is 42.7 Å². The van der Waals surface area contributed by atoms with Crippen LogP contribution in [0.1, 0.15) is 46.4 Å². The molecule has 0 aliphatic rings. The molecule has 1 rings (SSSR count). The van der Waals surface area contributed by atoms with Gasteiger partial charge in [0.05, 0.1) is 0 Å². The van der Waals surface area contributed by atoms with Crippen LogP contribution < -0.4 is 5.32 Å². The third-order valence-electron chi connectivity index (χ3n) is 3.78. The van der Waals surface area contributed by atoms with E-state index < -0.39 is 0 Å². The van der Waals surface area contributed by atoms with Gasteiger partial charge in [-0.3, -0.25) is 4.68 Å². The first-order chi connectivity index (χ1) is 8.21. The van der Waals surface area contributed by atoms with Crippen molar-refractivity contribution in [1.82, 2.24) is 20.1 Å². The summed E-state index contributed by atoms with van der Waals surface area (Å²) in [6.45, 7) is 11.8. The van der Waals surface area contributed by atoms with Gasteiger partial charge in [0.25, 0.3) is 0 Å². The molecule has 1 aromatic heterocycles. The fraction of sp³-hybridized carbons (Fsp3) is 0.846. The van der Waals surface area contributed by atoms with Crippen molar-refractivity contribution in [2.75, 3.05) is 13.1 Å². The molecule has 0 saturated heterocycles. The fourth-order valence-electron chi connectivity index (χ4n) is 2.23. The summed E-state index contributed by atoms with van der Waals surface area (Å²) in [4.78, 5) is 4.40. The Morgan fingerprint density at radius 2 is 1.94 bits per heavy atom. The van der Waals surface area contributed by atoms with Gasteiger partial charge in [-0.05, 0) is 31.7 Å². The van der Waals surface area contributed by atoms with Gasteiger partial charge in [-0.2, -0.15) is 5.10 Å². The van der Waals surface area contributed by atoms with Gasteiger partial charge in [-0.15, -0.1) is 0 Å². The lowest BCUT2D eigenvalue weighted by Gasteiger charge is -2.31. The summed E-state index contributed by atoms with van der Waals surface area (Å²) in [6.07, 6.45) is 5.03. The molecular formula is C13H26N4. The third-order valence-corrected chi connectivity index (χ3v) is 3.78. The Morgan fingerprint density at radius 1 is 1.24 bits per heavy atom. The van der Waals surface area contributed by atoms with Crippen LogP contribution >= 0.6 is 0 Å². The van der Waals surface area contributed by atoms with Crippen molar-refractivity contribution in [3.8, 4) is 0 Å². The van der Waals surface area contributed by atoms with E-state index in [1.54, 1.807) is 6.33 Å². The van der Waals surface area contributed by atoms with Gasteiger partial charge in [0.15, 0.2) is 0 Å². The number of nitrogens with one attached hydrogen (secondary N) is 1. The Bertz CT molecular complexity index is 315. The van der Waals surface area contributed by atoms with Crippen LogP contribution in [0.5, 0.6) is 0 Å². The van der Waals surface area contributed by atoms with E-state index in [4.69, 9.17) is 0 Å². The Kier molecular flexibility index (Phi) is 5.62. The molecule has 1 aromatic rings. The van der Waals surface area contributed by atoms with Gasteiger partial charge in [-0.1, -0.05) is 20.8 Å². The normalized spacial score (nSPS) is 12.0. The summed E-state index contributed by atoms with van der Waals surface area (Å²) in [5, 5.41) is 7.74. The quantitative estimate of drug-likeness (QED) is 0.755. The van der Waals surface area contributed by atoms with Gasteiger partial charge >= 0.3 is 0 Å². The molecule has 0 radical (unpaired) electrons. The lowest BCUT2D eigenvalue weighted by atomic mass is 9.79. The largest absolute Gasteiger partial charge is 0.316 e. The molecule has 0 fully saturated rings. The van der Waals surface area contributed by atoms with Gasteiger partial charge < -0.3 is 5.32 Å². The van der Waals surface area contributed by atoms with E-state index in [1.165, 1.54) is 12.8 Å². The van der Waals surface area contributed by atoms with Crippen LogP contribution in [0.2, 0.25) is 0 Å². The first-order valence-corrected chi connectivity index (χ1v) is 6.78. The highest BCUT2D eigenvalue weighted by Gasteiger charge is 2.28. The van der Waals surface area contributed by atoms with E-state index in [2.05, 4.69) is 43.1 Å². The highest BCUT2D eigenvalue weighted by molar-refractivity contribution is 4.94. The second-order valence-corrected chi connectivity index (χ2v) is 4.66. The van der Waals surface area contributed by atoms with Crippen LogP contribution in [0.15, 0.2) is 6.33 Å². The van der Waals surface area contributed by atoms with Crippen LogP contribution in [0.3, 0.4) is 0 Å². The van der Waals surface area contributed by atoms with Gasteiger partial charge in [0, 0.05) is 19.5 Å². The summed E-state index contributed by atoms with van der Waals surface area (Å²) in [5.74, 6) is 1.12. The minimum absolute atomic E-state index is 0.315. The van der Waals surface area contributed by atoms with Crippen molar-refractivity contribution in [2.45, 2.75) is 53.5 Å². The molecule has 0 spiro atoms. The monoisotopic (exact) mass is 238 g/mol. The summed E-state index contributed by atoms with van der Waals surface area (Å²) in [6, 6.07) is 0. The molecule has 0 amide bonds. The van der Waals surface area contributed by atoms with E-state index in [-0.39, 0.29) is 0 Å². The molecule has 0 bridgehead atoms. The highest BCUT2D eigenvalue weighted by Crippen LogP contribution is 2.29. The number of aryl methyl sites for hydroxylation is 1. The molecule has 4 nitrogen and oxygen atoms in total. The van der Waals surface area contributed by atoms with E-state index in [9.17, 15) is 0 Å². The molecule has 1 heterocycles. The van der Waals surface area contributed by atoms with Crippen molar-refractivity contribution >= 4 is 0 Å². The van der Waals surface area contributed by atoms with Crippen molar-refractivity contribution in [2.24, 2.45) is 5.41 Å². The maximum absolute atomic E-state index is 4.40. The maximum atomic E-state index is 4.40. The van der Waals surface area contributed by atoms with Crippen molar-refractivity contribution in [3.05, 3.63) is 12.2 Å². The lowest BCUT2D eigenvalue weighted by molar-refractivity contribution is 0.239. The maximum Gasteiger partial charge on any atom is 0.138 e. The van der Waals surface area contributed by atoms with Crippen LogP contribution in [-0.4, -0.2) is 27.9 Å². The van der Waals surface area contributed by atoms with Crippen LogP contribution in [0.25, 0.3) is 0 Å². The summed E-state index contributed by atoms with van der Waals surface area (Å²) >= 11 is 0. The van der Waals surface area contributed by atoms with Crippen LogP contribution in [0, 0.1) is 5.41 Å². The summed E-state index contributed by atoms with van der Waals surface area (Å²) < 4.78 is 2.01. The number of nitrogens with zero attached hydrogens (tertiary/aromatic N) is 3. The zero-order valence-corrected chi connectivity index (χ0v) is 11.7. The van der Waals surface area contributed by atoms with Crippen LogP contribution in [0.4, 0.5) is 0 Å². The van der Waals surface area contributed by atoms with Gasteiger partial charge in [0.1, 0.15) is 12.2 Å². The standard InChI is InChI=1S/C13H26N4/c1-5-13(6-2,10-14-7-3)9-12-15-11-16-17(12)8-4/h11,14H,5-10H2,1-4H3. The molecule has 1 N–H and O–H groups in total. The van der Waals surface area contributed by atoms with Gasteiger partial charge in [-0.25, -0.2) is 4.98 Å². The zero-order chi connectivity index (χ0) is 12.7. The van der Waals surface area contributed by atoms with E-state index in [0.29, 0.717) is 5.41 Å². The molecular weight excluding hydrogens is 212 g/mol. The first kappa shape index (κ1) is 14.2. The lowest BCUT2D eigenvalue weighted by Crippen LogP contribution is -2.36. The van der Waals surface area contributed by atoms with E-state index >= 15 is 0 Å². The highest BCUT2D eigenvalue weighted by atomic mass is 15.3. The third kappa shape index (κ3) is 3.53. The van der Waals surface area contributed by atoms with Crippen molar-refractivity contribution < 1.29 is 0 Å². The van der Waals surface area contributed by atoms with Crippen molar-refractivity contribution in [1.29, 1.82) is 0 Å². The summed E-state index contributed by atoms with van der Waals surface area (Å²) in [5.41, 5.74) is 0.315. The number of hydrogen-bond donors (Lipinski definition) is 1. The predicted octanol–water partition coefficient (Wildman–Crippen LogP) is 2.26. The fourth-order valence-corrected chi connectivity index (χ4v) is 2.23. The minimum atomic E-state index is 0.315. The molecule has 0 aromatic carbocycles. The Labute approximate surface area is 105 Å². The number of rotatable bonds is 8. The van der Waals surface area contributed by atoms with Crippen molar-refractivity contribution in [3.63, 3.8) is 0 Å². The SMILES string of the molecule is CCNCC(CC)(CC)Cc1ncnn1CC. The molecule has 4 heteroatoms. The average Bonchev–Trinajstić information content (AvgIpc) is 2.81. The second kappa shape index (κ2) is 6.74. The average molecular weight is 238 g/mol. The molecule has 0 aliphatic heterocycles. The van der Waals surface area contributed by atoms with E-state index in [1.807, 2.05) is 4.68 Å². The van der Waals surface area contributed by atoms with E-state index in [0.717, 1.165) is 31.9 Å². The Morgan fingerprint density at radius 3 is 2.47 bits per heavy atom. The molecule has 0 saturated carbocycles. The molecule has 0 unspecified atom stereocenters. The Balaban J connectivity index is 2.78. The van der Waals surface area contributed by atoms with Crippen LogP contribution in [-0.2, 0) is 13.0 Å². The first-order valence-electron chi connectivity index (χ1n) is 6.78. The number of aromatic nitrogens is 3. The summed E-state index contributed by atoms with van der Waals surface area (Å²) in [7, 11) is 0. The minimum Gasteiger partial charge on any atom is -0.316 e. The number of hydrogen-bond acceptors (Lipinski definition) is 3. The zero-order valence-electron chi connectivity index (χ0n) is 11.7. The second-order valence-electron chi connectivity index (χ2n) is 4.66. The van der Waals surface area contributed by atoms with Gasteiger partial charge in [0.2, 0.25) is 0 Å².